The molecule has 2 aromatic carbocycles. The predicted octanol–water partition coefficient (Wildman–Crippen LogP) is 4.15. The Morgan fingerprint density at radius 3 is 2.43 bits per heavy atom. The fourth-order valence-electron chi connectivity index (χ4n) is 2.84. The monoisotopic (exact) mass is 296 g/mol. The SMILES string of the molecule is CCC(CN)(Cc1nc2ccccc2s1)c1ccccc1. The molecule has 1 heterocycles. The molecule has 21 heavy (non-hydrogen) atoms. The number of hydrogen-bond donors (Lipinski definition) is 1. The molecule has 0 radical (unpaired) electrons. The van der Waals surface area contributed by atoms with Gasteiger partial charge in [0, 0.05) is 18.4 Å². The van der Waals surface area contributed by atoms with Gasteiger partial charge in [-0.15, -0.1) is 11.3 Å². The lowest BCUT2D eigenvalue weighted by molar-refractivity contribution is 0.418. The van der Waals surface area contributed by atoms with Crippen LogP contribution in [0.25, 0.3) is 10.2 Å². The summed E-state index contributed by atoms with van der Waals surface area (Å²) in [6.45, 7) is 2.86. The minimum Gasteiger partial charge on any atom is -0.330 e. The lowest BCUT2D eigenvalue weighted by atomic mass is 9.75. The number of para-hydroxylation sites is 1. The van der Waals surface area contributed by atoms with Gasteiger partial charge in [-0.05, 0) is 24.1 Å². The van der Waals surface area contributed by atoms with Crippen LogP contribution in [0.15, 0.2) is 54.6 Å². The summed E-state index contributed by atoms with van der Waals surface area (Å²) in [6, 6.07) is 18.9. The molecule has 0 saturated carbocycles. The first-order valence-electron chi connectivity index (χ1n) is 7.37. The minimum absolute atomic E-state index is 0.0187. The largest absolute Gasteiger partial charge is 0.330 e. The summed E-state index contributed by atoms with van der Waals surface area (Å²) in [6.07, 6.45) is 1.92. The number of thiazole rings is 1. The van der Waals surface area contributed by atoms with Gasteiger partial charge in [-0.1, -0.05) is 49.4 Å². The summed E-state index contributed by atoms with van der Waals surface area (Å²) in [4.78, 5) is 4.78. The zero-order valence-electron chi connectivity index (χ0n) is 12.3. The molecule has 1 atom stereocenters. The fraction of sp³-hybridized carbons (Fsp3) is 0.278. The van der Waals surface area contributed by atoms with Crippen LogP contribution in [0.1, 0.15) is 23.9 Å². The summed E-state index contributed by atoms with van der Waals surface area (Å²) in [5.74, 6) is 0. The van der Waals surface area contributed by atoms with E-state index in [2.05, 4.69) is 55.5 Å². The van der Waals surface area contributed by atoms with E-state index in [0.717, 1.165) is 18.4 Å². The van der Waals surface area contributed by atoms with Crippen LogP contribution < -0.4 is 5.73 Å². The Morgan fingerprint density at radius 1 is 1.05 bits per heavy atom. The van der Waals surface area contributed by atoms with E-state index >= 15 is 0 Å². The second-order valence-corrected chi connectivity index (χ2v) is 6.57. The van der Waals surface area contributed by atoms with Gasteiger partial charge in [0.05, 0.1) is 15.2 Å². The predicted molar refractivity (Wildman–Crippen MR) is 90.8 cm³/mol. The summed E-state index contributed by atoms with van der Waals surface area (Å²) in [5, 5.41) is 1.17. The van der Waals surface area contributed by atoms with Crippen molar-refractivity contribution in [3.8, 4) is 0 Å². The number of aromatic nitrogens is 1. The van der Waals surface area contributed by atoms with E-state index in [1.807, 2.05) is 6.07 Å². The van der Waals surface area contributed by atoms with E-state index in [9.17, 15) is 0 Å². The zero-order valence-corrected chi connectivity index (χ0v) is 13.1. The number of nitrogens with two attached hydrogens (primary N) is 1. The molecule has 3 heteroatoms. The van der Waals surface area contributed by atoms with E-state index in [-0.39, 0.29) is 5.41 Å². The zero-order chi connectivity index (χ0) is 14.7. The molecule has 0 aliphatic rings. The molecule has 3 aromatic rings. The van der Waals surface area contributed by atoms with Crippen molar-refractivity contribution in [1.29, 1.82) is 0 Å². The quantitative estimate of drug-likeness (QED) is 0.768. The molecule has 0 spiro atoms. The van der Waals surface area contributed by atoms with Crippen LogP contribution in [0.2, 0.25) is 0 Å². The van der Waals surface area contributed by atoms with Crippen molar-refractivity contribution in [2.75, 3.05) is 6.54 Å². The lowest BCUT2D eigenvalue weighted by Gasteiger charge is -2.31. The molecule has 1 aromatic heterocycles. The Hall–Kier alpha value is -1.71. The van der Waals surface area contributed by atoms with Crippen LogP contribution in [-0.2, 0) is 11.8 Å². The van der Waals surface area contributed by atoms with Gasteiger partial charge < -0.3 is 5.73 Å². The van der Waals surface area contributed by atoms with E-state index in [0.29, 0.717) is 6.54 Å². The average molecular weight is 296 g/mol. The van der Waals surface area contributed by atoms with Crippen molar-refractivity contribution in [3.63, 3.8) is 0 Å². The standard InChI is InChI=1S/C18H20N2S/c1-2-18(13-19,14-8-4-3-5-9-14)12-17-20-15-10-6-7-11-16(15)21-17/h3-11H,2,12-13,19H2,1H3. The molecule has 0 bridgehead atoms. The summed E-state index contributed by atoms with van der Waals surface area (Å²) < 4.78 is 1.25. The average Bonchev–Trinajstić information content (AvgIpc) is 2.96. The molecule has 1 unspecified atom stereocenters. The number of nitrogens with zero attached hydrogens (tertiary/aromatic N) is 1. The Bertz CT molecular complexity index is 681. The minimum atomic E-state index is -0.0187. The second kappa shape index (κ2) is 5.96. The highest BCUT2D eigenvalue weighted by Crippen LogP contribution is 2.33. The maximum Gasteiger partial charge on any atom is 0.0947 e. The van der Waals surface area contributed by atoms with Crippen LogP contribution >= 0.6 is 11.3 Å². The highest BCUT2D eigenvalue weighted by Gasteiger charge is 2.30. The van der Waals surface area contributed by atoms with Crippen LogP contribution in [0, 0.1) is 0 Å². The van der Waals surface area contributed by atoms with E-state index in [1.165, 1.54) is 15.3 Å². The molecule has 2 nitrogen and oxygen atoms in total. The van der Waals surface area contributed by atoms with Crippen molar-refractivity contribution in [3.05, 3.63) is 65.2 Å². The van der Waals surface area contributed by atoms with Gasteiger partial charge in [0.1, 0.15) is 0 Å². The highest BCUT2D eigenvalue weighted by molar-refractivity contribution is 7.18. The van der Waals surface area contributed by atoms with Gasteiger partial charge in [0.25, 0.3) is 0 Å². The summed E-state index contributed by atoms with van der Waals surface area (Å²) in [7, 11) is 0. The first-order chi connectivity index (χ1) is 10.3. The molecule has 108 valence electrons. The molecule has 0 aliphatic heterocycles. The number of hydrogen-bond acceptors (Lipinski definition) is 3. The van der Waals surface area contributed by atoms with E-state index in [1.54, 1.807) is 11.3 Å². The second-order valence-electron chi connectivity index (χ2n) is 5.46. The van der Waals surface area contributed by atoms with Gasteiger partial charge in [-0.25, -0.2) is 4.98 Å². The van der Waals surface area contributed by atoms with Crippen molar-refractivity contribution >= 4 is 21.6 Å². The molecule has 0 aliphatic carbocycles. The Labute approximate surface area is 129 Å². The van der Waals surface area contributed by atoms with Crippen molar-refractivity contribution in [2.45, 2.75) is 25.2 Å². The molecule has 3 rings (SSSR count). The first kappa shape index (κ1) is 14.2. The molecular weight excluding hydrogens is 276 g/mol. The third kappa shape index (κ3) is 2.71. The van der Waals surface area contributed by atoms with Gasteiger partial charge in [-0.3, -0.25) is 0 Å². The lowest BCUT2D eigenvalue weighted by Crippen LogP contribution is -2.36. The van der Waals surface area contributed by atoms with Gasteiger partial charge >= 0.3 is 0 Å². The molecule has 2 N–H and O–H groups in total. The van der Waals surface area contributed by atoms with Crippen molar-refractivity contribution < 1.29 is 0 Å². The smallest absolute Gasteiger partial charge is 0.0947 e. The van der Waals surface area contributed by atoms with Crippen LogP contribution in [0.3, 0.4) is 0 Å². The maximum atomic E-state index is 6.17. The van der Waals surface area contributed by atoms with Crippen LogP contribution in [-0.4, -0.2) is 11.5 Å². The third-order valence-corrected chi connectivity index (χ3v) is 5.32. The van der Waals surface area contributed by atoms with Crippen molar-refractivity contribution in [1.82, 2.24) is 4.98 Å². The van der Waals surface area contributed by atoms with Crippen LogP contribution in [0.4, 0.5) is 0 Å². The Kier molecular flexibility index (Phi) is 4.04. The Balaban J connectivity index is 1.98. The fourth-order valence-corrected chi connectivity index (χ4v) is 3.95. The Morgan fingerprint density at radius 2 is 1.76 bits per heavy atom. The number of fused-ring (bicyclic) bond motifs is 1. The maximum absolute atomic E-state index is 6.17. The molecule has 0 amide bonds. The van der Waals surface area contributed by atoms with Crippen LogP contribution in [0.5, 0.6) is 0 Å². The van der Waals surface area contributed by atoms with Gasteiger partial charge in [0.2, 0.25) is 0 Å². The first-order valence-corrected chi connectivity index (χ1v) is 8.19. The number of benzene rings is 2. The molecule has 0 fully saturated rings. The third-order valence-electron chi connectivity index (χ3n) is 4.28. The summed E-state index contributed by atoms with van der Waals surface area (Å²) in [5.41, 5.74) is 8.56. The van der Waals surface area contributed by atoms with Crippen molar-refractivity contribution in [2.24, 2.45) is 5.73 Å². The molecule has 0 saturated heterocycles. The van der Waals surface area contributed by atoms with E-state index < -0.39 is 0 Å². The normalized spacial score (nSPS) is 14.2. The summed E-state index contributed by atoms with van der Waals surface area (Å²) >= 11 is 1.78. The number of rotatable bonds is 5. The highest BCUT2D eigenvalue weighted by atomic mass is 32.1. The van der Waals surface area contributed by atoms with Gasteiger partial charge in [-0.2, -0.15) is 0 Å². The van der Waals surface area contributed by atoms with E-state index in [4.69, 9.17) is 10.7 Å². The van der Waals surface area contributed by atoms with Gasteiger partial charge in [0.15, 0.2) is 0 Å². The molecular formula is C18H20N2S. The topological polar surface area (TPSA) is 38.9 Å².